The standard InChI is InChI=1S/C19H16N6O/c1-12-16(10-22-24-12)14-7-18(19-15(8-20)9-23-25(19)11-14)26-13(2)17-5-3-4-6-21-17/h3-7,9-11,13H,1-2H3,(H,22,24). The van der Waals surface area contributed by atoms with E-state index in [1.54, 1.807) is 23.1 Å². The Kier molecular flexibility index (Phi) is 3.86. The number of aromatic amines is 1. The third-order valence-corrected chi connectivity index (χ3v) is 4.25. The van der Waals surface area contributed by atoms with E-state index in [0.717, 1.165) is 22.5 Å². The van der Waals surface area contributed by atoms with Crippen LogP contribution in [0.3, 0.4) is 0 Å². The lowest BCUT2D eigenvalue weighted by Crippen LogP contribution is -2.06. The highest BCUT2D eigenvalue weighted by molar-refractivity contribution is 5.75. The average Bonchev–Trinajstić information content (AvgIpc) is 3.28. The molecule has 4 heterocycles. The van der Waals surface area contributed by atoms with Gasteiger partial charge >= 0.3 is 0 Å². The molecule has 1 unspecified atom stereocenters. The quantitative estimate of drug-likeness (QED) is 0.612. The Morgan fingerprint density at radius 3 is 2.88 bits per heavy atom. The highest BCUT2D eigenvalue weighted by atomic mass is 16.5. The van der Waals surface area contributed by atoms with Gasteiger partial charge in [0.15, 0.2) is 0 Å². The molecular weight excluding hydrogens is 328 g/mol. The van der Waals surface area contributed by atoms with Crippen LogP contribution in [0.5, 0.6) is 5.75 Å². The van der Waals surface area contributed by atoms with E-state index in [4.69, 9.17) is 4.74 Å². The number of aryl methyl sites for hydroxylation is 1. The second-order valence-corrected chi connectivity index (χ2v) is 5.98. The number of fused-ring (bicyclic) bond motifs is 1. The molecule has 7 heteroatoms. The van der Waals surface area contributed by atoms with Gasteiger partial charge in [-0.05, 0) is 32.0 Å². The molecule has 4 rings (SSSR count). The van der Waals surface area contributed by atoms with Gasteiger partial charge in [0.05, 0.1) is 18.1 Å². The van der Waals surface area contributed by atoms with Crippen LogP contribution in [0.2, 0.25) is 0 Å². The van der Waals surface area contributed by atoms with Crippen molar-refractivity contribution in [1.29, 1.82) is 5.26 Å². The van der Waals surface area contributed by atoms with E-state index in [2.05, 4.69) is 26.3 Å². The first kappa shape index (κ1) is 15.8. The van der Waals surface area contributed by atoms with Gasteiger partial charge in [0, 0.05) is 29.2 Å². The molecule has 0 saturated carbocycles. The summed E-state index contributed by atoms with van der Waals surface area (Å²) in [4.78, 5) is 4.34. The second kappa shape index (κ2) is 6.33. The summed E-state index contributed by atoms with van der Waals surface area (Å²) >= 11 is 0. The molecule has 4 aromatic rings. The zero-order valence-electron chi connectivity index (χ0n) is 14.3. The van der Waals surface area contributed by atoms with Crippen molar-refractivity contribution in [2.24, 2.45) is 0 Å². The molecule has 0 aliphatic heterocycles. The number of nitrogens with zero attached hydrogens (tertiary/aromatic N) is 5. The maximum Gasteiger partial charge on any atom is 0.148 e. The summed E-state index contributed by atoms with van der Waals surface area (Å²) in [5, 5.41) is 20.7. The number of H-pyrrole nitrogens is 1. The average molecular weight is 344 g/mol. The summed E-state index contributed by atoms with van der Waals surface area (Å²) in [5.74, 6) is 0.579. The number of ether oxygens (including phenoxy) is 1. The summed E-state index contributed by atoms with van der Waals surface area (Å²) in [7, 11) is 0. The third kappa shape index (κ3) is 2.67. The summed E-state index contributed by atoms with van der Waals surface area (Å²) in [6, 6.07) is 9.78. The van der Waals surface area contributed by atoms with Crippen molar-refractivity contribution in [2.75, 3.05) is 0 Å². The molecule has 0 fully saturated rings. The van der Waals surface area contributed by atoms with Gasteiger partial charge in [0.25, 0.3) is 0 Å². The third-order valence-electron chi connectivity index (χ3n) is 4.25. The SMILES string of the molecule is Cc1[nH]ncc1-c1cc(OC(C)c2ccccn2)c2c(C#N)cnn2c1. The second-order valence-electron chi connectivity index (χ2n) is 5.98. The number of aromatic nitrogens is 5. The number of hydrogen-bond acceptors (Lipinski definition) is 5. The summed E-state index contributed by atoms with van der Waals surface area (Å²) in [6.45, 7) is 3.88. The van der Waals surface area contributed by atoms with Crippen LogP contribution in [0, 0.1) is 18.3 Å². The van der Waals surface area contributed by atoms with E-state index < -0.39 is 0 Å². The Morgan fingerprint density at radius 2 is 2.19 bits per heavy atom. The van der Waals surface area contributed by atoms with Gasteiger partial charge in [0.1, 0.15) is 29.0 Å². The molecule has 0 amide bonds. The minimum absolute atomic E-state index is 0.276. The van der Waals surface area contributed by atoms with Gasteiger partial charge in [-0.1, -0.05) is 6.07 Å². The number of rotatable bonds is 4. The Labute approximate surface area is 149 Å². The fraction of sp³-hybridized carbons (Fsp3) is 0.158. The molecule has 0 bridgehead atoms. The van der Waals surface area contributed by atoms with Crippen molar-refractivity contribution in [3.05, 3.63) is 66.0 Å². The maximum absolute atomic E-state index is 9.41. The molecule has 0 spiro atoms. The molecule has 0 aromatic carbocycles. The first-order chi connectivity index (χ1) is 12.7. The van der Waals surface area contributed by atoms with Crippen molar-refractivity contribution < 1.29 is 4.74 Å². The van der Waals surface area contributed by atoms with Gasteiger partial charge < -0.3 is 4.74 Å². The molecule has 26 heavy (non-hydrogen) atoms. The first-order valence-corrected chi connectivity index (χ1v) is 8.17. The van der Waals surface area contributed by atoms with E-state index in [1.807, 2.05) is 44.3 Å². The summed E-state index contributed by atoms with van der Waals surface area (Å²) in [5.41, 5.74) is 4.72. The predicted octanol–water partition coefficient (Wildman–Crippen LogP) is 3.44. The van der Waals surface area contributed by atoms with Crippen molar-refractivity contribution in [2.45, 2.75) is 20.0 Å². The minimum atomic E-state index is -0.276. The smallest absolute Gasteiger partial charge is 0.148 e. The number of hydrogen-bond donors (Lipinski definition) is 1. The molecule has 0 aliphatic rings. The first-order valence-electron chi connectivity index (χ1n) is 8.17. The molecule has 4 aromatic heterocycles. The van der Waals surface area contributed by atoms with Crippen LogP contribution in [0.1, 0.15) is 30.0 Å². The van der Waals surface area contributed by atoms with Gasteiger partial charge in [-0.2, -0.15) is 15.5 Å². The van der Waals surface area contributed by atoms with Crippen LogP contribution >= 0.6 is 0 Å². The van der Waals surface area contributed by atoms with Crippen molar-refractivity contribution >= 4 is 5.52 Å². The van der Waals surface area contributed by atoms with Crippen LogP contribution in [-0.2, 0) is 0 Å². The molecule has 0 saturated heterocycles. The minimum Gasteiger partial charge on any atom is -0.482 e. The molecule has 7 nitrogen and oxygen atoms in total. The van der Waals surface area contributed by atoms with E-state index in [0.29, 0.717) is 16.8 Å². The zero-order chi connectivity index (χ0) is 18.1. The molecule has 1 N–H and O–H groups in total. The lowest BCUT2D eigenvalue weighted by Gasteiger charge is -2.16. The number of nitriles is 1. The van der Waals surface area contributed by atoms with Crippen molar-refractivity contribution in [3.63, 3.8) is 0 Å². The monoisotopic (exact) mass is 344 g/mol. The summed E-state index contributed by atoms with van der Waals surface area (Å²) in [6.07, 6.45) is 6.63. The van der Waals surface area contributed by atoms with Gasteiger partial charge in [-0.25, -0.2) is 4.52 Å². The fourth-order valence-corrected chi connectivity index (χ4v) is 2.91. The van der Waals surface area contributed by atoms with Crippen LogP contribution in [-0.4, -0.2) is 24.8 Å². The van der Waals surface area contributed by atoms with Crippen LogP contribution < -0.4 is 4.74 Å². The lowest BCUT2D eigenvalue weighted by atomic mass is 10.1. The van der Waals surface area contributed by atoms with Crippen molar-refractivity contribution in [1.82, 2.24) is 24.8 Å². The molecule has 0 aliphatic carbocycles. The van der Waals surface area contributed by atoms with Gasteiger partial charge in [-0.15, -0.1) is 0 Å². The van der Waals surface area contributed by atoms with E-state index in [-0.39, 0.29) is 6.10 Å². The Bertz CT molecular complexity index is 1110. The molecule has 0 radical (unpaired) electrons. The van der Waals surface area contributed by atoms with Crippen LogP contribution in [0.4, 0.5) is 0 Å². The van der Waals surface area contributed by atoms with Crippen LogP contribution in [0.25, 0.3) is 16.6 Å². The normalized spacial score (nSPS) is 12.0. The van der Waals surface area contributed by atoms with E-state index in [9.17, 15) is 5.26 Å². The van der Waals surface area contributed by atoms with Gasteiger partial charge in [0.2, 0.25) is 0 Å². The lowest BCUT2D eigenvalue weighted by molar-refractivity contribution is 0.224. The largest absolute Gasteiger partial charge is 0.482 e. The van der Waals surface area contributed by atoms with Gasteiger partial charge in [-0.3, -0.25) is 10.1 Å². The molecular formula is C19H16N6O. The van der Waals surface area contributed by atoms with Crippen LogP contribution in [0.15, 0.2) is 49.1 Å². The fourth-order valence-electron chi connectivity index (χ4n) is 2.91. The highest BCUT2D eigenvalue weighted by Gasteiger charge is 2.17. The maximum atomic E-state index is 9.41. The summed E-state index contributed by atoms with van der Waals surface area (Å²) < 4.78 is 7.86. The number of nitrogens with one attached hydrogen (secondary N) is 1. The Morgan fingerprint density at radius 1 is 1.31 bits per heavy atom. The highest BCUT2D eigenvalue weighted by Crippen LogP contribution is 2.33. The molecule has 1 atom stereocenters. The van der Waals surface area contributed by atoms with E-state index in [1.165, 1.54) is 0 Å². The zero-order valence-corrected chi connectivity index (χ0v) is 14.3. The molecule has 128 valence electrons. The van der Waals surface area contributed by atoms with E-state index >= 15 is 0 Å². The Balaban J connectivity index is 1.84. The Hall–Kier alpha value is -3.66. The van der Waals surface area contributed by atoms with Crippen molar-refractivity contribution in [3.8, 4) is 22.9 Å². The predicted molar refractivity (Wildman–Crippen MR) is 95.5 cm³/mol. The number of pyridine rings is 2. The topological polar surface area (TPSA) is 91.9 Å².